The van der Waals surface area contributed by atoms with Crippen molar-refractivity contribution in [2.24, 2.45) is 0 Å². The van der Waals surface area contributed by atoms with Gasteiger partial charge in [-0.05, 0) is 18.9 Å². The lowest BCUT2D eigenvalue weighted by Gasteiger charge is -2.25. The number of rotatable bonds is 2. The zero-order valence-corrected chi connectivity index (χ0v) is 7.99. The molecule has 60 valence electrons. The van der Waals surface area contributed by atoms with Crippen molar-refractivity contribution in [1.82, 2.24) is 4.72 Å². The molecule has 1 aliphatic rings. The fourth-order valence-electron chi connectivity index (χ4n) is 0.952. The predicted octanol–water partition coefficient (Wildman–Crippen LogP) is 0.212. The summed E-state index contributed by atoms with van der Waals surface area (Å²) in [6.07, 6.45) is 2.10. The quantitative estimate of drug-likeness (QED) is 0.637. The molecule has 0 unspecified atom stereocenters. The average Bonchev–Trinajstić information content (AvgIpc) is 1.88. The van der Waals surface area contributed by atoms with Gasteiger partial charge in [0.15, 0.2) is 0 Å². The zero-order valence-electron chi connectivity index (χ0n) is 5.54. The van der Waals surface area contributed by atoms with E-state index in [1.807, 2.05) is 0 Å². The first-order valence-corrected chi connectivity index (χ1v) is 6.29. The molecule has 1 fully saturated rings. The summed E-state index contributed by atoms with van der Waals surface area (Å²) in [7, 11) is -0.452. The Morgan fingerprint density at radius 3 is 2.40 bits per heavy atom. The fraction of sp³-hybridized carbons (Fsp3) is 1.00. The summed E-state index contributed by atoms with van der Waals surface area (Å²) in [6.45, 7) is 1.69. The van der Waals surface area contributed by atoms with E-state index in [1.165, 1.54) is 0 Å². The molecule has 10 heavy (non-hydrogen) atoms. The minimum Gasteiger partial charge on any atom is -0.394 e. The lowest BCUT2D eigenvalue weighted by Crippen LogP contribution is -2.33. The van der Waals surface area contributed by atoms with Gasteiger partial charge in [0, 0.05) is 13.2 Å². The molecule has 1 saturated heterocycles. The third-order valence-electron chi connectivity index (χ3n) is 1.48. The fourth-order valence-corrected chi connectivity index (χ4v) is 2.28. The first-order valence-electron chi connectivity index (χ1n) is 3.22. The second-order valence-corrected chi connectivity index (χ2v) is 5.58. The largest absolute Gasteiger partial charge is 0.394 e. The number of hydrogen-bond donors (Lipinski definition) is 1. The average molecular weight is 196 g/mol. The van der Waals surface area contributed by atoms with Crippen LogP contribution >= 0.6 is 0 Å². The Hall–Kier alpha value is 0.710. The van der Waals surface area contributed by atoms with Crippen molar-refractivity contribution in [3.8, 4) is 0 Å². The van der Waals surface area contributed by atoms with Crippen molar-refractivity contribution in [2.45, 2.75) is 18.9 Å². The highest BCUT2D eigenvalue weighted by Crippen LogP contribution is 2.05. The van der Waals surface area contributed by atoms with E-state index in [9.17, 15) is 0 Å². The van der Waals surface area contributed by atoms with Crippen molar-refractivity contribution in [2.75, 3.05) is 13.2 Å². The summed E-state index contributed by atoms with van der Waals surface area (Å²) in [5.74, 6) is 0. The van der Waals surface area contributed by atoms with Crippen LogP contribution in [0.15, 0.2) is 0 Å². The molecule has 0 spiro atoms. The molecule has 1 heterocycles. The van der Waals surface area contributed by atoms with Gasteiger partial charge in [-0.3, -0.25) is 8.20 Å². The maximum Gasteiger partial charge on any atom is 0.0480 e. The van der Waals surface area contributed by atoms with Gasteiger partial charge in [0.25, 0.3) is 0 Å². The van der Waals surface area contributed by atoms with Crippen LogP contribution in [-0.4, -0.2) is 19.3 Å². The Kier molecular flexibility index (Phi) is 4.01. The number of ether oxygens (including phenoxy) is 1. The summed E-state index contributed by atoms with van der Waals surface area (Å²) < 4.78 is 8.34. The summed E-state index contributed by atoms with van der Waals surface area (Å²) in [5.41, 5.74) is 0. The van der Waals surface area contributed by atoms with Crippen LogP contribution < -0.4 is 4.72 Å². The van der Waals surface area contributed by atoms with Crippen LogP contribution in [-0.2, 0) is 35.3 Å². The Balaban J connectivity index is 2.26. The Morgan fingerprint density at radius 1 is 1.30 bits per heavy atom. The lowest BCUT2D eigenvalue weighted by atomic mass is 10.1. The maximum absolute atomic E-state index is 5.18. The van der Waals surface area contributed by atoms with Gasteiger partial charge in [-0.1, -0.05) is 0 Å². The monoisotopic (exact) mass is 196 g/mol. The van der Waals surface area contributed by atoms with Gasteiger partial charge in [0.05, 0.1) is 0 Å². The van der Waals surface area contributed by atoms with Gasteiger partial charge >= 0.3 is 0 Å². The number of nitrogens with one attached hydrogen (secondary N) is 1. The molecule has 0 aliphatic carbocycles. The van der Waals surface area contributed by atoms with Crippen molar-refractivity contribution < 1.29 is 4.74 Å². The van der Waals surface area contributed by atoms with Gasteiger partial charge in [0.1, 0.15) is 0 Å². The lowest BCUT2D eigenvalue weighted by molar-refractivity contribution is 0.0838. The Labute approximate surface area is 72.3 Å². The molecule has 0 aromatic heterocycles. The third kappa shape index (κ3) is 3.21. The van der Waals surface area contributed by atoms with E-state index >= 15 is 0 Å². The summed E-state index contributed by atoms with van der Waals surface area (Å²) in [6, 6.07) is 0.507. The summed E-state index contributed by atoms with van der Waals surface area (Å²) >= 11 is 9.70. The van der Waals surface area contributed by atoms with Gasteiger partial charge in [-0.2, -0.15) is 0 Å². The molecule has 0 atom stereocenters. The minimum absolute atomic E-state index is 0.452. The van der Waals surface area contributed by atoms with Crippen LogP contribution in [0.3, 0.4) is 0 Å². The molecular formula is C5H10NOS3-. The van der Waals surface area contributed by atoms with Crippen LogP contribution in [0.5, 0.6) is 0 Å². The van der Waals surface area contributed by atoms with Crippen LogP contribution in [0.25, 0.3) is 0 Å². The van der Waals surface area contributed by atoms with E-state index in [2.05, 4.69) is 4.72 Å². The SMILES string of the molecule is S=[S-](=S)NC1CCOCC1. The topological polar surface area (TPSA) is 21.3 Å². The molecule has 0 radical (unpaired) electrons. The van der Waals surface area contributed by atoms with Crippen LogP contribution in [0.4, 0.5) is 0 Å². The molecular weight excluding hydrogens is 186 g/mol. The van der Waals surface area contributed by atoms with Crippen molar-refractivity contribution in [3.05, 3.63) is 0 Å². The van der Waals surface area contributed by atoms with Crippen molar-refractivity contribution in [3.63, 3.8) is 0 Å². The van der Waals surface area contributed by atoms with Gasteiger partial charge in [-0.25, -0.2) is 22.4 Å². The van der Waals surface area contributed by atoms with Gasteiger partial charge in [-0.15, -0.1) is 0 Å². The second kappa shape index (κ2) is 4.56. The number of hydrogen-bond acceptors (Lipinski definition) is 4. The first-order chi connectivity index (χ1) is 4.79. The third-order valence-corrected chi connectivity index (χ3v) is 2.59. The summed E-state index contributed by atoms with van der Waals surface area (Å²) in [4.78, 5) is 0. The molecule has 1 aliphatic heterocycles. The minimum atomic E-state index is -0.452. The maximum atomic E-state index is 5.18. The van der Waals surface area contributed by atoms with E-state index in [4.69, 9.17) is 27.1 Å². The summed E-state index contributed by atoms with van der Waals surface area (Å²) in [5, 5.41) is 0. The van der Waals surface area contributed by atoms with E-state index in [-0.39, 0.29) is 0 Å². The highest BCUT2D eigenvalue weighted by molar-refractivity contribution is 8.45. The molecule has 1 rings (SSSR count). The first kappa shape index (κ1) is 8.80. The van der Waals surface area contributed by atoms with Crippen LogP contribution in [0.1, 0.15) is 12.8 Å². The molecule has 0 aromatic rings. The smallest absolute Gasteiger partial charge is 0.0480 e. The molecule has 0 amide bonds. The predicted molar refractivity (Wildman–Crippen MR) is 49.1 cm³/mol. The normalized spacial score (nSPS) is 21.7. The van der Waals surface area contributed by atoms with Gasteiger partial charge < -0.3 is 9.46 Å². The van der Waals surface area contributed by atoms with Crippen LogP contribution in [0, 0.1) is 0 Å². The van der Waals surface area contributed by atoms with E-state index in [0.29, 0.717) is 6.04 Å². The standard InChI is InChI=1S/C5H10NOS3/c8-10(9)6-5-1-3-7-4-2-5/h5H,1-4H2,(H,6,8,9)/q-1. The molecule has 1 N–H and O–H groups in total. The highest BCUT2D eigenvalue weighted by Gasteiger charge is 2.08. The second-order valence-electron chi connectivity index (χ2n) is 2.24. The zero-order chi connectivity index (χ0) is 7.40. The Morgan fingerprint density at radius 2 is 1.90 bits per heavy atom. The van der Waals surface area contributed by atoms with Crippen LogP contribution in [0.2, 0.25) is 0 Å². The molecule has 0 aromatic carbocycles. The van der Waals surface area contributed by atoms with E-state index < -0.39 is 8.20 Å². The van der Waals surface area contributed by atoms with Crippen molar-refractivity contribution >= 4 is 30.6 Å². The van der Waals surface area contributed by atoms with E-state index in [0.717, 1.165) is 26.1 Å². The molecule has 5 heteroatoms. The van der Waals surface area contributed by atoms with Crippen molar-refractivity contribution in [1.29, 1.82) is 0 Å². The Bertz CT molecular complexity index is 154. The highest BCUT2D eigenvalue weighted by atomic mass is 33.1. The molecule has 0 saturated carbocycles. The molecule has 2 nitrogen and oxygen atoms in total. The van der Waals surface area contributed by atoms with E-state index in [1.54, 1.807) is 0 Å². The van der Waals surface area contributed by atoms with Gasteiger partial charge in [0.2, 0.25) is 0 Å². The molecule has 0 bridgehead atoms.